The zero-order chi connectivity index (χ0) is 28.7. The zero-order valence-electron chi connectivity index (χ0n) is 23.0. The molecule has 0 heterocycles. The molecule has 7 nitrogen and oxygen atoms in total. The van der Waals surface area contributed by atoms with Gasteiger partial charge in [-0.3, -0.25) is 13.9 Å². The normalized spacial score (nSPS) is 12.2. The Hall–Kier alpha value is -3.36. The van der Waals surface area contributed by atoms with Crippen LogP contribution in [0.25, 0.3) is 0 Å². The molecule has 0 aliphatic carbocycles. The van der Waals surface area contributed by atoms with Crippen LogP contribution in [0.5, 0.6) is 0 Å². The second kappa shape index (κ2) is 13.1. The Morgan fingerprint density at radius 2 is 1.46 bits per heavy atom. The van der Waals surface area contributed by atoms with E-state index < -0.39 is 28.5 Å². The van der Waals surface area contributed by atoms with Gasteiger partial charge in [-0.25, -0.2) is 8.42 Å². The number of benzene rings is 3. The van der Waals surface area contributed by atoms with Crippen LogP contribution in [0.15, 0.2) is 77.7 Å². The summed E-state index contributed by atoms with van der Waals surface area (Å²) in [5.41, 5.74) is 2.91. The average molecular weight is 570 g/mol. The summed E-state index contributed by atoms with van der Waals surface area (Å²) in [5, 5.41) is 3.30. The van der Waals surface area contributed by atoms with E-state index in [2.05, 4.69) is 5.32 Å². The first-order chi connectivity index (χ1) is 18.4. The lowest BCUT2D eigenvalue weighted by Gasteiger charge is -2.32. The Balaban J connectivity index is 2.03. The Labute approximate surface area is 236 Å². The minimum absolute atomic E-state index is 0.0103. The Morgan fingerprint density at radius 3 is 2.05 bits per heavy atom. The Bertz CT molecular complexity index is 1410. The van der Waals surface area contributed by atoms with Gasteiger partial charge in [0.2, 0.25) is 11.8 Å². The molecule has 39 heavy (non-hydrogen) atoms. The van der Waals surface area contributed by atoms with Crippen molar-refractivity contribution in [1.29, 1.82) is 0 Å². The van der Waals surface area contributed by atoms with Crippen molar-refractivity contribution in [2.45, 2.75) is 52.1 Å². The van der Waals surface area contributed by atoms with E-state index in [1.54, 1.807) is 38.1 Å². The Morgan fingerprint density at radius 1 is 0.872 bits per heavy atom. The fourth-order valence-electron chi connectivity index (χ4n) is 4.10. The van der Waals surface area contributed by atoms with E-state index in [-0.39, 0.29) is 23.3 Å². The molecule has 3 aromatic rings. The fourth-order valence-corrected chi connectivity index (χ4v) is 5.70. The molecule has 0 aliphatic heterocycles. The monoisotopic (exact) mass is 569 g/mol. The third-order valence-corrected chi connectivity index (χ3v) is 8.54. The molecule has 3 aromatic carbocycles. The van der Waals surface area contributed by atoms with Crippen molar-refractivity contribution in [1.82, 2.24) is 10.2 Å². The van der Waals surface area contributed by atoms with Gasteiger partial charge in [0.25, 0.3) is 10.0 Å². The van der Waals surface area contributed by atoms with Crippen molar-refractivity contribution >= 4 is 39.1 Å². The number of anilines is 1. The number of carbonyl (C=O) groups excluding carboxylic acids is 2. The molecule has 0 saturated carbocycles. The third kappa shape index (κ3) is 7.61. The van der Waals surface area contributed by atoms with E-state index >= 15 is 0 Å². The van der Waals surface area contributed by atoms with Crippen LogP contribution < -0.4 is 9.62 Å². The molecule has 3 rings (SSSR count). The highest BCUT2D eigenvalue weighted by Gasteiger charge is 2.33. The number of nitrogens with one attached hydrogen (secondary N) is 1. The largest absolute Gasteiger partial charge is 0.354 e. The summed E-state index contributed by atoms with van der Waals surface area (Å²) in [4.78, 5) is 28.5. The van der Waals surface area contributed by atoms with Gasteiger partial charge in [0.1, 0.15) is 12.6 Å². The number of amides is 2. The molecule has 0 aromatic heterocycles. The molecule has 0 saturated heterocycles. The lowest BCUT2D eigenvalue weighted by molar-refractivity contribution is -0.139. The number of sulfonamides is 1. The van der Waals surface area contributed by atoms with Gasteiger partial charge in [-0.2, -0.15) is 0 Å². The van der Waals surface area contributed by atoms with Crippen molar-refractivity contribution in [2.75, 3.05) is 17.4 Å². The Kier molecular flexibility index (Phi) is 10.2. The van der Waals surface area contributed by atoms with E-state index in [1.165, 1.54) is 29.2 Å². The number of halogens is 1. The summed E-state index contributed by atoms with van der Waals surface area (Å²) in [7, 11) is -4.14. The van der Waals surface area contributed by atoms with Crippen LogP contribution >= 0.6 is 11.6 Å². The van der Waals surface area contributed by atoms with E-state index in [4.69, 9.17) is 11.6 Å². The maximum absolute atomic E-state index is 14.0. The number of nitrogens with zero attached hydrogens (tertiary/aromatic N) is 2. The molecule has 0 spiro atoms. The number of hydrogen-bond donors (Lipinski definition) is 1. The molecule has 0 aliphatic rings. The summed E-state index contributed by atoms with van der Waals surface area (Å²) < 4.78 is 28.9. The lowest BCUT2D eigenvalue weighted by Crippen LogP contribution is -2.51. The standard InChI is InChI=1S/C30H36ClN3O4S/c1-21(2)18-32-30(36)24(5)33(19-25-12-8-6-10-22(25)3)29(35)20-34(28-13-9-7-11-23(28)4)39(37,38)27-16-14-26(31)15-17-27/h6-17,21,24H,18-20H2,1-5H3,(H,32,36). The van der Waals surface area contributed by atoms with Crippen LogP contribution in [0.3, 0.4) is 0 Å². The van der Waals surface area contributed by atoms with Crippen molar-refractivity contribution in [3.8, 4) is 0 Å². The third-order valence-electron chi connectivity index (χ3n) is 6.52. The van der Waals surface area contributed by atoms with Gasteiger partial charge in [-0.05, 0) is 73.7 Å². The van der Waals surface area contributed by atoms with Crippen LogP contribution in [0, 0.1) is 19.8 Å². The smallest absolute Gasteiger partial charge is 0.264 e. The van der Waals surface area contributed by atoms with Gasteiger partial charge in [-0.15, -0.1) is 0 Å². The van der Waals surface area contributed by atoms with Crippen LogP contribution in [0.4, 0.5) is 5.69 Å². The van der Waals surface area contributed by atoms with Gasteiger partial charge in [0.05, 0.1) is 10.6 Å². The van der Waals surface area contributed by atoms with Crippen molar-refractivity contribution in [3.63, 3.8) is 0 Å². The highest BCUT2D eigenvalue weighted by molar-refractivity contribution is 7.92. The van der Waals surface area contributed by atoms with Crippen molar-refractivity contribution in [3.05, 3.63) is 94.5 Å². The number of aryl methyl sites for hydroxylation is 2. The minimum Gasteiger partial charge on any atom is -0.354 e. The quantitative estimate of drug-likeness (QED) is 0.338. The molecule has 0 radical (unpaired) electrons. The SMILES string of the molecule is Cc1ccccc1CN(C(=O)CN(c1ccccc1C)S(=O)(=O)c1ccc(Cl)cc1)C(C)C(=O)NCC(C)C. The van der Waals surface area contributed by atoms with E-state index in [1.807, 2.05) is 45.0 Å². The first kappa shape index (κ1) is 30.2. The van der Waals surface area contributed by atoms with E-state index in [0.29, 0.717) is 22.8 Å². The lowest BCUT2D eigenvalue weighted by atomic mass is 10.1. The van der Waals surface area contributed by atoms with Crippen LogP contribution in [0.1, 0.15) is 37.5 Å². The molecule has 0 fully saturated rings. The average Bonchev–Trinajstić information content (AvgIpc) is 2.90. The molecule has 0 bridgehead atoms. The van der Waals surface area contributed by atoms with E-state index in [0.717, 1.165) is 15.4 Å². The molecular formula is C30H36ClN3O4S. The van der Waals surface area contributed by atoms with Gasteiger partial charge < -0.3 is 10.2 Å². The van der Waals surface area contributed by atoms with E-state index in [9.17, 15) is 18.0 Å². The summed E-state index contributed by atoms with van der Waals surface area (Å²) in [5.74, 6) is -0.553. The predicted molar refractivity (Wildman–Crippen MR) is 156 cm³/mol. The van der Waals surface area contributed by atoms with Crippen molar-refractivity contribution < 1.29 is 18.0 Å². The molecule has 1 unspecified atom stereocenters. The highest BCUT2D eigenvalue weighted by Crippen LogP contribution is 2.28. The second-order valence-corrected chi connectivity index (χ2v) is 12.3. The maximum atomic E-state index is 14.0. The van der Waals surface area contributed by atoms with Gasteiger partial charge in [0.15, 0.2) is 0 Å². The number of rotatable bonds is 11. The number of hydrogen-bond acceptors (Lipinski definition) is 4. The van der Waals surface area contributed by atoms with Gasteiger partial charge >= 0.3 is 0 Å². The number of para-hydroxylation sites is 1. The van der Waals surface area contributed by atoms with Crippen LogP contribution in [-0.2, 0) is 26.2 Å². The van der Waals surface area contributed by atoms with Gasteiger partial charge in [0, 0.05) is 18.1 Å². The zero-order valence-corrected chi connectivity index (χ0v) is 24.6. The molecule has 208 valence electrons. The maximum Gasteiger partial charge on any atom is 0.264 e. The molecule has 1 atom stereocenters. The highest BCUT2D eigenvalue weighted by atomic mass is 35.5. The topological polar surface area (TPSA) is 86.8 Å². The summed E-state index contributed by atoms with van der Waals surface area (Å²) in [6, 6.07) is 19.6. The summed E-state index contributed by atoms with van der Waals surface area (Å²) in [6.07, 6.45) is 0. The molecule has 2 amide bonds. The molecule has 9 heteroatoms. The van der Waals surface area contributed by atoms with Crippen molar-refractivity contribution in [2.24, 2.45) is 5.92 Å². The summed E-state index contributed by atoms with van der Waals surface area (Å²) >= 11 is 6.00. The number of carbonyl (C=O) groups is 2. The molecular weight excluding hydrogens is 534 g/mol. The fraction of sp³-hybridized carbons (Fsp3) is 0.333. The minimum atomic E-state index is -4.14. The first-order valence-corrected chi connectivity index (χ1v) is 14.7. The second-order valence-electron chi connectivity index (χ2n) is 10.0. The van der Waals surface area contributed by atoms with Gasteiger partial charge in [-0.1, -0.05) is 67.9 Å². The molecule has 1 N–H and O–H groups in total. The predicted octanol–water partition coefficient (Wildman–Crippen LogP) is 5.34. The first-order valence-electron chi connectivity index (χ1n) is 12.9. The summed E-state index contributed by atoms with van der Waals surface area (Å²) in [6.45, 7) is 9.51. The van der Waals surface area contributed by atoms with Crippen LogP contribution in [-0.4, -0.2) is 44.3 Å². The van der Waals surface area contributed by atoms with Crippen LogP contribution in [0.2, 0.25) is 5.02 Å².